The standard InChI is InChI=1S/C21H19N7O2/c29-19-9-15(11-28(19)20-17-3-1-2-4-18(17)25-26-20)21(30)24-16-7-5-14(6-8-16)10-27-13-22-12-23-27/h1-8,12-13,15H,9-11H2,(H,24,30)(H,25,26)/t15-/m0/s1. The number of fused-ring (bicyclic) bond motifs is 1. The van der Waals surface area contributed by atoms with E-state index in [0.717, 1.165) is 16.5 Å². The first-order chi connectivity index (χ1) is 14.7. The summed E-state index contributed by atoms with van der Waals surface area (Å²) in [6, 6.07) is 15.2. The number of aromatic nitrogens is 5. The summed E-state index contributed by atoms with van der Waals surface area (Å²) in [4.78, 5) is 30.8. The van der Waals surface area contributed by atoms with Crippen LogP contribution < -0.4 is 10.2 Å². The lowest BCUT2D eigenvalue weighted by atomic mass is 10.1. The Labute approximate surface area is 171 Å². The predicted molar refractivity (Wildman–Crippen MR) is 111 cm³/mol. The van der Waals surface area contributed by atoms with E-state index in [2.05, 4.69) is 25.6 Å². The molecule has 0 aliphatic carbocycles. The molecule has 4 aromatic rings. The summed E-state index contributed by atoms with van der Waals surface area (Å²) in [5, 5.41) is 15.1. The van der Waals surface area contributed by atoms with Crippen molar-refractivity contribution in [2.24, 2.45) is 5.92 Å². The lowest BCUT2D eigenvalue weighted by Crippen LogP contribution is -2.28. The molecule has 9 nitrogen and oxygen atoms in total. The maximum atomic E-state index is 12.7. The second kappa shape index (κ2) is 7.43. The van der Waals surface area contributed by atoms with E-state index in [-0.39, 0.29) is 18.2 Å². The zero-order valence-corrected chi connectivity index (χ0v) is 16.0. The number of hydrogen-bond donors (Lipinski definition) is 2. The molecule has 2 aromatic heterocycles. The van der Waals surface area contributed by atoms with Gasteiger partial charge in [-0.25, -0.2) is 9.67 Å². The van der Waals surface area contributed by atoms with Crippen molar-refractivity contribution in [2.75, 3.05) is 16.8 Å². The summed E-state index contributed by atoms with van der Waals surface area (Å²) in [7, 11) is 0. The number of nitrogens with one attached hydrogen (secondary N) is 2. The van der Waals surface area contributed by atoms with Crippen LogP contribution in [-0.4, -0.2) is 43.3 Å². The molecule has 1 saturated heterocycles. The lowest BCUT2D eigenvalue weighted by Gasteiger charge is -2.14. The lowest BCUT2D eigenvalue weighted by molar-refractivity contribution is -0.122. The van der Waals surface area contributed by atoms with Crippen molar-refractivity contribution in [3.05, 3.63) is 66.7 Å². The number of hydrogen-bond acceptors (Lipinski definition) is 5. The zero-order chi connectivity index (χ0) is 20.5. The number of para-hydroxylation sites is 1. The number of carbonyl (C=O) groups excluding carboxylic acids is 2. The molecular weight excluding hydrogens is 382 g/mol. The van der Waals surface area contributed by atoms with E-state index in [1.807, 2.05) is 48.5 Å². The molecule has 30 heavy (non-hydrogen) atoms. The minimum atomic E-state index is -0.428. The number of anilines is 2. The summed E-state index contributed by atoms with van der Waals surface area (Å²) >= 11 is 0. The van der Waals surface area contributed by atoms with Gasteiger partial charge in [0.15, 0.2) is 5.82 Å². The molecule has 1 aliphatic heterocycles. The van der Waals surface area contributed by atoms with Gasteiger partial charge in [-0.05, 0) is 29.8 Å². The molecule has 1 aliphatic rings. The fourth-order valence-electron chi connectivity index (χ4n) is 3.68. The molecule has 2 aromatic carbocycles. The summed E-state index contributed by atoms with van der Waals surface area (Å²) < 4.78 is 1.73. The van der Waals surface area contributed by atoms with Gasteiger partial charge >= 0.3 is 0 Å². The number of nitrogens with zero attached hydrogens (tertiary/aromatic N) is 5. The third-order valence-corrected chi connectivity index (χ3v) is 5.23. The van der Waals surface area contributed by atoms with E-state index in [1.165, 1.54) is 6.33 Å². The number of benzene rings is 2. The average Bonchev–Trinajstić information content (AvgIpc) is 3.49. The molecule has 1 atom stereocenters. The highest BCUT2D eigenvalue weighted by atomic mass is 16.2. The Morgan fingerprint density at radius 3 is 2.80 bits per heavy atom. The molecule has 150 valence electrons. The predicted octanol–water partition coefficient (Wildman–Crippen LogP) is 2.19. The van der Waals surface area contributed by atoms with Gasteiger partial charge in [0.1, 0.15) is 12.7 Å². The van der Waals surface area contributed by atoms with Gasteiger partial charge in [-0.3, -0.25) is 19.6 Å². The summed E-state index contributed by atoms with van der Waals surface area (Å²) in [6.45, 7) is 0.918. The van der Waals surface area contributed by atoms with Crippen molar-refractivity contribution in [3.63, 3.8) is 0 Å². The summed E-state index contributed by atoms with van der Waals surface area (Å²) in [6.07, 6.45) is 3.31. The minimum absolute atomic E-state index is 0.101. The molecule has 0 bridgehead atoms. The fraction of sp³-hybridized carbons (Fsp3) is 0.190. The highest BCUT2D eigenvalue weighted by Crippen LogP contribution is 2.30. The van der Waals surface area contributed by atoms with E-state index >= 15 is 0 Å². The minimum Gasteiger partial charge on any atom is -0.326 e. The van der Waals surface area contributed by atoms with Gasteiger partial charge in [0.25, 0.3) is 0 Å². The Morgan fingerprint density at radius 2 is 2.00 bits per heavy atom. The number of rotatable bonds is 5. The molecule has 2 N–H and O–H groups in total. The first-order valence-electron chi connectivity index (χ1n) is 9.63. The first-order valence-corrected chi connectivity index (χ1v) is 9.63. The van der Waals surface area contributed by atoms with Crippen molar-refractivity contribution in [2.45, 2.75) is 13.0 Å². The Hall–Kier alpha value is -4.01. The van der Waals surface area contributed by atoms with Crippen LogP contribution in [0.15, 0.2) is 61.2 Å². The van der Waals surface area contributed by atoms with Crippen LogP contribution in [0.5, 0.6) is 0 Å². The topological polar surface area (TPSA) is 109 Å². The van der Waals surface area contributed by atoms with Crippen LogP contribution in [0.3, 0.4) is 0 Å². The van der Waals surface area contributed by atoms with Gasteiger partial charge in [0.2, 0.25) is 11.8 Å². The van der Waals surface area contributed by atoms with Gasteiger partial charge in [-0.2, -0.15) is 10.2 Å². The fourth-order valence-corrected chi connectivity index (χ4v) is 3.68. The number of aromatic amines is 1. The van der Waals surface area contributed by atoms with Crippen molar-refractivity contribution < 1.29 is 9.59 Å². The van der Waals surface area contributed by atoms with Gasteiger partial charge < -0.3 is 5.32 Å². The Balaban J connectivity index is 1.25. The smallest absolute Gasteiger partial charge is 0.229 e. The second-order valence-corrected chi connectivity index (χ2v) is 7.28. The maximum Gasteiger partial charge on any atom is 0.229 e. The quantitative estimate of drug-likeness (QED) is 0.533. The number of carbonyl (C=O) groups is 2. The van der Waals surface area contributed by atoms with Crippen LogP contribution >= 0.6 is 0 Å². The molecule has 0 radical (unpaired) electrons. The molecule has 1 fully saturated rings. The molecule has 0 saturated carbocycles. The van der Waals surface area contributed by atoms with E-state index in [1.54, 1.807) is 15.9 Å². The molecule has 0 spiro atoms. The zero-order valence-electron chi connectivity index (χ0n) is 16.0. The molecule has 9 heteroatoms. The van der Waals surface area contributed by atoms with E-state index < -0.39 is 5.92 Å². The van der Waals surface area contributed by atoms with Crippen LogP contribution in [0, 0.1) is 5.92 Å². The van der Waals surface area contributed by atoms with E-state index in [9.17, 15) is 9.59 Å². The molecule has 2 amide bonds. The summed E-state index contributed by atoms with van der Waals surface area (Å²) in [5.74, 6) is -0.128. The number of amides is 2. The normalized spacial score (nSPS) is 16.3. The third-order valence-electron chi connectivity index (χ3n) is 5.23. The Bertz CT molecular complexity index is 1200. The van der Waals surface area contributed by atoms with Crippen LogP contribution in [-0.2, 0) is 16.1 Å². The van der Waals surface area contributed by atoms with Crippen molar-refractivity contribution in [3.8, 4) is 0 Å². The van der Waals surface area contributed by atoms with Gasteiger partial charge in [-0.1, -0.05) is 24.3 Å². The molecule has 5 rings (SSSR count). The maximum absolute atomic E-state index is 12.7. The molecule has 3 heterocycles. The van der Waals surface area contributed by atoms with Crippen LogP contribution in [0.25, 0.3) is 10.9 Å². The average molecular weight is 401 g/mol. The van der Waals surface area contributed by atoms with Crippen molar-refractivity contribution in [1.82, 2.24) is 25.0 Å². The second-order valence-electron chi connectivity index (χ2n) is 7.28. The number of H-pyrrole nitrogens is 1. The Morgan fingerprint density at radius 1 is 1.17 bits per heavy atom. The van der Waals surface area contributed by atoms with Crippen LogP contribution in [0.4, 0.5) is 11.5 Å². The van der Waals surface area contributed by atoms with Gasteiger partial charge in [0.05, 0.1) is 18.0 Å². The highest BCUT2D eigenvalue weighted by molar-refractivity contribution is 6.06. The van der Waals surface area contributed by atoms with Crippen LogP contribution in [0.1, 0.15) is 12.0 Å². The Kier molecular flexibility index (Phi) is 4.47. The van der Waals surface area contributed by atoms with E-state index in [0.29, 0.717) is 24.6 Å². The largest absolute Gasteiger partial charge is 0.326 e. The SMILES string of the molecule is O=C(Nc1ccc(Cn2cncn2)cc1)[C@H]1CC(=O)N(c2n[nH]c3ccccc23)C1. The monoisotopic (exact) mass is 401 g/mol. The van der Waals surface area contributed by atoms with E-state index in [4.69, 9.17) is 0 Å². The summed E-state index contributed by atoms with van der Waals surface area (Å²) in [5.41, 5.74) is 2.60. The third kappa shape index (κ3) is 3.41. The molecular formula is C21H19N7O2. The van der Waals surface area contributed by atoms with Crippen LogP contribution in [0.2, 0.25) is 0 Å². The van der Waals surface area contributed by atoms with Gasteiger partial charge in [0, 0.05) is 24.0 Å². The van der Waals surface area contributed by atoms with Crippen molar-refractivity contribution in [1.29, 1.82) is 0 Å². The van der Waals surface area contributed by atoms with Gasteiger partial charge in [-0.15, -0.1) is 0 Å². The highest BCUT2D eigenvalue weighted by Gasteiger charge is 2.36. The first kappa shape index (κ1) is 18.0. The molecule has 0 unspecified atom stereocenters. The van der Waals surface area contributed by atoms with Crippen molar-refractivity contribution >= 4 is 34.2 Å².